The van der Waals surface area contributed by atoms with Gasteiger partial charge in [-0.3, -0.25) is 0 Å². The number of halogens is 1. The van der Waals surface area contributed by atoms with E-state index in [0.29, 0.717) is 16.3 Å². The molecule has 1 N–H and O–H groups in total. The first-order valence-electron chi connectivity index (χ1n) is 4.19. The maximum atomic E-state index is 10.3. The largest absolute Gasteiger partial charge is 0.511 e. The summed E-state index contributed by atoms with van der Waals surface area (Å²) < 4.78 is 9.77. The van der Waals surface area contributed by atoms with Crippen molar-refractivity contribution < 1.29 is 19.4 Å². The number of carbonyl (C=O) groups is 1. The third kappa shape index (κ3) is 2.22. The van der Waals surface area contributed by atoms with Gasteiger partial charge in [0.1, 0.15) is 18.1 Å². The fourth-order valence-electron chi connectivity index (χ4n) is 1.30. The van der Waals surface area contributed by atoms with E-state index in [1.54, 1.807) is 24.3 Å². The lowest BCUT2D eigenvalue weighted by molar-refractivity contribution is 0.109. The minimum atomic E-state index is -1.35. The molecule has 0 radical (unpaired) electrons. The van der Waals surface area contributed by atoms with Gasteiger partial charge in [-0.05, 0) is 24.3 Å². The van der Waals surface area contributed by atoms with E-state index >= 15 is 0 Å². The van der Waals surface area contributed by atoms with Crippen molar-refractivity contribution >= 4 is 23.8 Å². The van der Waals surface area contributed by atoms with Crippen LogP contribution in [-0.4, -0.2) is 17.9 Å². The molecule has 1 aliphatic rings. The number of ether oxygens (including phenoxy) is 2. The first kappa shape index (κ1) is 9.86. The van der Waals surface area contributed by atoms with Crippen molar-refractivity contribution in [3.63, 3.8) is 0 Å². The van der Waals surface area contributed by atoms with E-state index < -0.39 is 6.16 Å². The summed E-state index contributed by atoms with van der Waals surface area (Å²) in [6.45, 7) is 0.112. The van der Waals surface area contributed by atoms with E-state index in [1.807, 2.05) is 0 Å². The van der Waals surface area contributed by atoms with E-state index in [1.165, 1.54) is 0 Å². The van der Waals surface area contributed by atoms with Crippen molar-refractivity contribution in [2.75, 3.05) is 6.61 Å². The molecule has 0 saturated carbocycles. The quantitative estimate of drug-likeness (QED) is 0.748. The monoisotopic (exact) mass is 226 g/mol. The molecule has 0 fully saturated rings. The highest BCUT2D eigenvalue weighted by Gasteiger charge is 2.14. The average molecular weight is 227 g/mol. The van der Waals surface area contributed by atoms with Crippen LogP contribution in [0.4, 0.5) is 4.79 Å². The molecule has 0 unspecified atom stereocenters. The van der Waals surface area contributed by atoms with Crippen molar-refractivity contribution in [3.05, 3.63) is 34.5 Å². The molecular formula is C10H7ClO4. The summed E-state index contributed by atoms with van der Waals surface area (Å²) in [4.78, 5) is 10.3. The highest BCUT2D eigenvalue weighted by molar-refractivity contribution is 6.30. The van der Waals surface area contributed by atoms with Crippen LogP contribution in [0.5, 0.6) is 5.75 Å². The van der Waals surface area contributed by atoms with Crippen LogP contribution >= 0.6 is 11.6 Å². The molecule has 0 saturated heterocycles. The highest BCUT2D eigenvalue weighted by atomic mass is 35.5. The minimum absolute atomic E-state index is 0.112. The second kappa shape index (κ2) is 3.82. The summed E-state index contributed by atoms with van der Waals surface area (Å²) in [5.41, 5.74) is 0.713. The lowest BCUT2D eigenvalue weighted by atomic mass is 10.1. The maximum Gasteiger partial charge on any atom is 0.511 e. The molecule has 0 aromatic heterocycles. The van der Waals surface area contributed by atoms with Crippen molar-refractivity contribution in [2.45, 2.75) is 0 Å². The van der Waals surface area contributed by atoms with Crippen molar-refractivity contribution in [1.82, 2.24) is 0 Å². The second-order valence-electron chi connectivity index (χ2n) is 2.95. The van der Waals surface area contributed by atoms with Crippen LogP contribution in [0.25, 0.3) is 6.08 Å². The van der Waals surface area contributed by atoms with Crippen LogP contribution in [0.3, 0.4) is 0 Å². The van der Waals surface area contributed by atoms with Gasteiger partial charge >= 0.3 is 6.16 Å². The van der Waals surface area contributed by atoms with Crippen LogP contribution in [0, 0.1) is 0 Å². The molecule has 0 spiro atoms. The molecule has 1 heterocycles. The molecule has 1 aromatic carbocycles. The summed E-state index contributed by atoms with van der Waals surface area (Å²) in [5, 5.41) is 8.98. The Labute approximate surface area is 90.7 Å². The smallest absolute Gasteiger partial charge is 0.485 e. The van der Waals surface area contributed by atoms with Crippen LogP contribution < -0.4 is 4.74 Å². The summed E-state index contributed by atoms with van der Waals surface area (Å²) >= 11 is 5.79. The fourth-order valence-corrected chi connectivity index (χ4v) is 1.48. The number of hydrogen-bond donors (Lipinski definition) is 1. The van der Waals surface area contributed by atoms with Gasteiger partial charge in [0.15, 0.2) is 0 Å². The SMILES string of the molecule is O=C(O)OC1=Cc2cc(Cl)ccc2OC1. The van der Waals surface area contributed by atoms with E-state index in [-0.39, 0.29) is 12.4 Å². The predicted octanol–water partition coefficient (Wildman–Crippen LogP) is 2.77. The number of carboxylic acid groups (broad SMARTS) is 1. The Morgan fingerprint density at radius 1 is 1.53 bits per heavy atom. The van der Waals surface area contributed by atoms with Crippen LogP contribution in [0.1, 0.15) is 5.56 Å². The highest BCUT2D eigenvalue weighted by Crippen LogP contribution is 2.29. The Balaban J connectivity index is 2.31. The second-order valence-corrected chi connectivity index (χ2v) is 3.39. The van der Waals surface area contributed by atoms with Gasteiger partial charge < -0.3 is 14.6 Å². The molecule has 2 rings (SSSR count). The Hall–Kier alpha value is -1.68. The average Bonchev–Trinajstić information content (AvgIpc) is 2.16. The van der Waals surface area contributed by atoms with Crippen LogP contribution in [-0.2, 0) is 4.74 Å². The third-order valence-electron chi connectivity index (χ3n) is 1.88. The number of rotatable bonds is 1. The molecule has 1 aromatic rings. The zero-order valence-electron chi connectivity index (χ0n) is 7.57. The van der Waals surface area contributed by atoms with Gasteiger partial charge in [0, 0.05) is 10.6 Å². The van der Waals surface area contributed by atoms with E-state index in [9.17, 15) is 4.79 Å². The standard InChI is InChI=1S/C10H7ClO4/c11-7-1-2-9-6(3-7)4-8(5-14-9)15-10(12)13/h1-4H,5H2,(H,12,13). The van der Waals surface area contributed by atoms with E-state index in [4.69, 9.17) is 21.4 Å². The van der Waals surface area contributed by atoms with Gasteiger partial charge in [0.05, 0.1) is 0 Å². The topological polar surface area (TPSA) is 55.8 Å². The molecule has 0 aliphatic carbocycles. The first-order valence-corrected chi connectivity index (χ1v) is 4.56. The predicted molar refractivity (Wildman–Crippen MR) is 54.0 cm³/mol. The summed E-state index contributed by atoms with van der Waals surface area (Å²) in [5.74, 6) is 0.911. The Bertz CT molecular complexity index is 439. The van der Waals surface area contributed by atoms with Crippen molar-refractivity contribution in [3.8, 4) is 5.75 Å². The van der Waals surface area contributed by atoms with Gasteiger partial charge in [-0.15, -0.1) is 0 Å². The third-order valence-corrected chi connectivity index (χ3v) is 2.11. The molecule has 0 atom stereocenters. The van der Waals surface area contributed by atoms with E-state index in [0.717, 1.165) is 0 Å². The van der Waals surface area contributed by atoms with Crippen molar-refractivity contribution in [2.24, 2.45) is 0 Å². The Morgan fingerprint density at radius 2 is 2.33 bits per heavy atom. The normalized spacial score (nSPS) is 13.5. The molecule has 0 amide bonds. The summed E-state index contributed by atoms with van der Waals surface area (Å²) in [6.07, 6.45) is 0.245. The van der Waals surface area contributed by atoms with Gasteiger partial charge in [0.25, 0.3) is 0 Å². The molecule has 0 bridgehead atoms. The van der Waals surface area contributed by atoms with Gasteiger partial charge in [-0.1, -0.05) is 11.6 Å². The Morgan fingerprint density at radius 3 is 3.07 bits per heavy atom. The zero-order valence-corrected chi connectivity index (χ0v) is 8.32. The van der Waals surface area contributed by atoms with Crippen LogP contribution in [0.2, 0.25) is 5.02 Å². The molecule has 4 nitrogen and oxygen atoms in total. The zero-order chi connectivity index (χ0) is 10.8. The summed E-state index contributed by atoms with van der Waals surface area (Å²) in [7, 11) is 0. The lowest BCUT2D eigenvalue weighted by Crippen LogP contribution is -2.12. The molecule has 5 heteroatoms. The van der Waals surface area contributed by atoms with Crippen molar-refractivity contribution in [1.29, 1.82) is 0 Å². The number of hydrogen-bond acceptors (Lipinski definition) is 3. The fraction of sp³-hybridized carbons (Fsp3) is 0.100. The number of benzene rings is 1. The number of fused-ring (bicyclic) bond motifs is 1. The van der Waals surface area contributed by atoms with Gasteiger partial charge in [-0.25, -0.2) is 4.79 Å². The van der Waals surface area contributed by atoms with Gasteiger partial charge in [-0.2, -0.15) is 0 Å². The summed E-state index contributed by atoms with van der Waals surface area (Å²) in [6, 6.07) is 5.12. The lowest BCUT2D eigenvalue weighted by Gasteiger charge is -2.16. The minimum Gasteiger partial charge on any atom is -0.485 e. The molecule has 15 heavy (non-hydrogen) atoms. The van der Waals surface area contributed by atoms with Crippen LogP contribution in [0.15, 0.2) is 24.0 Å². The van der Waals surface area contributed by atoms with E-state index in [2.05, 4.69) is 4.74 Å². The molecular weight excluding hydrogens is 220 g/mol. The molecule has 78 valence electrons. The maximum absolute atomic E-state index is 10.3. The van der Waals surface area contributed by atoms with Gasteiger partial charge in [0.2, 0.25) is 0 Å². The first-order chi connectivity index (χ1) is 7.15. The molecule has 1 aliphatic heterocycles. The Kier molecular flexibility index (Phi) is 2.51.